The molecule has 2 aromatic rings. The molecule has 20 heavy (non-hydrogen) atoms. The third-order valence-electron chi connectivity index (χ3n) is 2.64. The van der Waals surface area contributed by atoms with Crippen molar-refractivity contribution in [1.29, 1.82) is 0 Å². The summed E-state index contributed by atoms with van der Waals surface area (Å²) in [4.78, 5) is 4.30. The Bertz CT molecular complexity index is 666. The molecule has 1 aromatic heterocycles. The van der Waals surface area contributed by atoms with Gasteiger partial charge in [-0.25, -0.2) is 13.4 Å². The summed E-state index contributed by atoms with van der Waals surface area (Å²) in [6.45, 7) is 2.02. The van der Waals surface area contributed by atoms with Gasteiger partial charge in [-0.05, 0) is 13.3 Å². The molecule has 7 heteroatoms. The van der Waals surface area contributed by atoms with Crippen LogP contribution in [0.1, 0.15) is 12.0 Å². The maximum absolute atomic E-state index is 11.7. The number of thiazole rings is 1. The van der Waals surface area contributed by atoms with Gasteiger partial charge < -0.3 is 0 Å². The van der Waals surface area contributed by atoms with Crippen LogP contribution in [0.25, 0.3) is 11.3 Å². The van der Waals surface area contributed by atoms with Crippen molar-refractivity contribution in [3.05, 3.63) is 35.2 Å². The van der Waals surface area contributed by atoms with Gasteiger partial charge in [-0.3, -0.25) is 4.72 Å². The predicted molar refractivity (Wildman–Crippen MR) is 85.0 cm³/mol. The Morgan fingerprint density at radius 3 is 2.65 bits per heavy atom. The Labute approximate surface area is 127 Å². The zero-order valence-corrected chi connectivity index (χ0v) is 13.4. The van der Waals surface area contributed by atoms with E-state index in [4.69, 9.17) is 11.6 Å². The van der Waals surface area contributed by atoms with Crippen LogP contribution in [0.5, 0.6) is 0 Å². The van der Waals surface area contributed by atoms with E-state index in [1.54, 1.807) is 0 Å². The lowest BCUT2D eigenvalue weighted by atomic mass is 10.1. The highest BCUT2D eigenvalue weighted by Crippen LogP contribution is 2.25. The van der Waals surface area contributed by atoms with Gasteiger partial charge in [-0.2, -0.15) is 0 Å². The van der Waals surface area contributed by atoms with E-state index in [1.165, 1.54) is 16.9 Å². The number of alkyl halides is 1. The minimum atomic E-state index is -3.36. The molecule has 0 radical (unpaired) electrons. The number of halogens is 1. The molecule has 0 unspecified atom stereocenters. The topological polar surface area (TPSA) is 59.1 Å². The second kappa shape index (κ2) is 6.56. The van der Waals surface area contributed by atoms with Gasteiger partial charge in [0.15, 0.2) is 5.13 Å². The molecule has 0 atom stereocenters. The van der Waals surface area contributed by atoms with E-state index in [0.29, 0.717) is 17.4 Å². The Hall–Kier alpha value is -1.11. The second-order valence-electron chi connectivity index (χ2n) is 4.37. The summed E-state index contributed by atoms with van der Waals surface area (Å²) >= 11 is 6.78. The first kappa shape index (κ1) is 15.3. The van der Waals surface area contributed by atoms with E-state index in [0.717, 1.165) is 11.3 Å². The molecule has 1 N–H and O–H groups in total. The van der Waals surface area contributed by atoms with Crippen LogP contribution in [0.2, 0.25) is 0 Å². The van der Waals surface area contributed by atoms with Crippen molar-refractivity contribution in [3.63, 3.8) is 0 Å². The summed E-state index contributed by atoms with van der Waals surface area (Å²) in [7, 11) is -3.36. The Morgan fingerprint density at radius 1 is 1.30 bits per heavy atom. The Morgan fingerprint density at radius 2 is 2.00 bits per heavy atom. The maximum Gasteiger partial charge on any atom is 0.234 e. The van der Waals surface area contributed by atoms with Crippen molar-refractivity contribution in [2.45, 2.75) is 13.3 Å². The Kier molecular flexibility index (Phi) is 5.01. The lowest BCUT2D eigenvalue weighted by Gasteiger charge is -2.03. The van der Waals surface area contributed by atoms with Crippen LogP contribution in [0.15, 0.2) is 29.6 Å². The number of aryl methyl sites for hydroxylation is 1. The number of hydrogen-bond acceptors (Lipinski definition) is 4. The molecule has 0 aliphatic carbocycles. The van der Waals surface area contributed by atoms with E-state index in [2.05, 4.69) is 9.71 Å². The molecule has 0 bridgehead atoms. The van der Waals surface area contributed by atoms with Gasteiger partial charge in [0.05, 0.1) is 11.4 Å². The highest BCUT2D eigenvalue weighted by Gasteiger charge is 2.13. The average molecular weight is 331 g/mol. The number of nitrogens with one attached hydrogen (secondary N) is 1. The number of anilines is 1. The van der Waals surface area contributed by atoms with Gasteiger partial charge >= 0.3 is 0 Å². The van der Waals surface area contributed by atoms with Gasteiger partial charge in [0, 0.05) is 16.8 Å². The molecule has 0 aliphatic rings. The first-order chi connectivity index (χ1) is 9.50. The van der Waals surface area contributed by atoms with Gasteiger partial charge in [-0.1, -0.05) is 29.8 Å². The van der Waals surface area contributed by atoms with Crippen molar-refractivity contribution in [1.82, 2.24) is 4.98 Å². The standard InChI is InChI=1S/C13H15ClN2O2S2/c1-10-3-5-11(6-4-10)12-9-19-13(15-12)16-20(17,18)8-2-7-14/h3-6,9H,2,7-8H2,1H3,(H,15,16). The minimum absolute atomic E-state index is 0.00987. The van der Waals surface area contributed by atoms with Crippen molar-refractivity contribution in [2.24, 2.45) is 0 Å². The quantitative estimate of drug-likeness (QED) is 0.825. The molecule has 0 aliphatic heterocycles. The summed E-state index contributed by atoms with van der Waals surface area (Å²) in [5, 5.41) is 2.22. The van der Waals surface area contributed by atoms with E-state index < -0.39 is 10.0 Å². The SMILES string of the molecule is Cc1ccc(-c2csc(NS(=O)(=O)CCCCl)n2)cc1. The summed E-state index contributed by atoms with van der Waals surface area (Å²) in [5.41, 5.74) is 2.91. The van der Waals surface area contributed by atoms with E-state index in [-0.39, 0.29) is 5.75 Å². The van der Waals surface area contributed by atoms with Gasteiger partial charge in [0.2, 0.25) is 10.0 Å². The zero-order valence-electron chi connectivity index (χ0n) is 11.0. The monoisotopic (exact) mass is 330 g/mol. The molecule has 4 nitrogen and oxygen atoms in total. The average Bonchev–Trinajstić information content (AvgIpc) is 2.85. The predicted octanol–water partition coefficient (Wildman–Crippen LogP) is 3.49. The number of sulfonamides is 1. The summed E-state index contributed by atoms with van der Waals surface area (Å²) in [6, 6.07) is 7.93. The number of hydrogen-bond donors (Lipinski definition) is 1. The third-order valence-corrected chi connectivity index (χ3v) is 5.13. The van der Waals surface area contributed by atoms with Crippen LogP contribution < -0.4 is 4.72 Å². The molecule has 108 valence electrons. The summed E-state index contributed by atoms with van der Waals surface area (Å²) in [6.07, 6.45) is 0.424. The lowest BCUT2D eigenvalue weighted by Crippen LogP contribution is -2.16. The largest absolute Gasteiger partial charge is 0.259 e. The van der Waals surface area contributed by atoms with E-state index in [1.807, 2.05) is 36.6 Å². The number of benzene rings is 1. The van der Waals surface area contributed by atoms with Gasteiger partial charge in [-0.15, -0.1) is 22.9 Å². The number of rotatable bonds is 6. The van der Waals surface area contributed by atoms with E-state index in [9.17, 15) is 8.42 Å². The first-order valence-electron chi connectivity index (χ1n) is 6.09. The van der Waals surface area contributed by atoms with Crippen molar-refractivity contribution in [3.8, 4) is 11.3 Å². The molecule has 2 rings (SSSR count). The number of aromatic nitrogens is 1. The molecule has 0 spiro atoms. The molecular formula is C13H15ClN2O2S2. The fourth-order valence-electron chi connectivity index (χ4n) is 1.61. The molecular weight excluding hydrogens is 316 g/mol. The fraction of sp³-hybridized carbons (Fsp3) is 0.308. The van der Waals surface area contributed by atoms with Crippen molar-refractivity contribution < 1.29 is 8.42 Å². The van der Waals surface area contributed by atoms with Gasteiger partial charge in [0.25, 0.3) is 0 Å². The minimum Gasteiger partial charge on any atom is -0.259 e. The maximum atomic E-state index is 11.7. The molecule has 0 saturated heterocycles. The molecule has 0 amide bonds. The van der Waals surface area contributed by atoms with Crippen LogP contribution in [0, 0.1) is 6.92 Å². The normalized spacial score (nSPS) is 11.5. The second-order valence-corrected chi connectivity index (χ2v) is 7.45. The van der Waals surface area contributed by atoms with Crippen LogP contribution >= 0.6 is 22.9 Å². The lowest BCUT2D eigenvalue weighted by molar-refractivity contribution is 0.600. The molecule has 1 aromatic carbocycles. The summed E-state index contributed by atoms with van der Waals surface area (Å²) in [5.74, 6) is 0.337. The van der Waals surface area contributed by atoms with Crippen molar-refractivity contribution >= 4 is 38.1 Å². The van der Waals surface area contributed by atoms with Crippen LogP contribution in [0.3, 0.4) is 0 Å². The van der Waals surface area contributed by atoms with Crippen LogP contribution in [-0.2, 0) is 10.0 Å². The summed E-state index contributed by atoms with van der Waals surface area (Å²) < 4.78 is 26.0. The van der Waals surface area contributed by atoms with Crippen molar-refractivity contribution in [2.75, 3.05) is 16.4 Å². The van der Waals surface area contributed by atoms with Crippen LogP contribution in [-0.4, -0.2) is 25.0 Å². The third kappa shape index (κ3) is 4.19. The first-order valence-corrected chi connectivity index (χ1v) is 9.16. The highest BCUT2D eigenvalue weighted by atomic mass is 35.5. The smallest absolute Gasteiger partial charge is 0.234 e. The molecule has 1 heterocycles. The molecule has 0 saturated carbocycles. The fourth-order valence-corrected chi connectivity index (χ4v) is 3.97. The van der Waals surface area contributed by atoms with Gasteiger partial charge in [0.1, 0.15) is 0 Å². The van der Waals surface area contributed by atoms with Crippen LogP contribution in [0.4, 0.5) is 5.13 Å². The van der Waals surface area contributed by atoms with E-state index >= 15 is 0 Å². The zero-order chi connectivity index (χ0) is 14.6. The molecule has 0 fully saturated rings. The number of nitrogens with zero attached hydrogens (tertiary/aromatic N) is 1. The Balaban J connectivity index is 2.11. The highest BCUT2D eigenvalue weighted by molar-refractivity contribution is 7.92.